The highest BCUT2D eigenvalue weighted by Gasteiger charge is 2.34. The van der Waals surface area contributed by atoms with Gasteiger partial charge in [-0.1, -0.05) is 59.9 Å². The molecule has 0 unspecified atom stereocenters. The van der Waals surface area contributed by atoms with E-state index in [1.165, 1.54) is 22.7 Å². The molecule has 0 saturated carbocycles. The predicted octanol–water partition coefficient (Wildman–Crippen LogP) is 4.85. The number of nitrogens with zero attached hydrogens (tertiary/aromatic N) is 1. The van der Waals surface area contributed by atoms with Crippen LogP contribution < -0.4 is 4.90 Å². The van der Waals surface area contributed by atoms with Gasteiger partial charge in [-0.3, -0.25) is 9.69 Å². The van der Waals surface area contributed by atoms with Crippen molar-refractivity contribution in [1.29, 1.82) is 0 Å². The summed E-state index contributed by atoms with van der Waals surface area (Å²) < 4.78 is 14.2. The lowest BCUT2D eigenvalue weighted by Crippen LogP contribution is -2.28. The Labute approximate surface area is 144 Å². The van der Waals surface area contributed by atoms with Crippen LogP contribution in [0.4, 0.5) is 10.1 Å². The summed E-state index contributed by atoms with van der Waals surface area (Å²) >= 11 is 6.55. The average molecular weight is 343 g/mol. The van der Waals surface area contributed by atoms with E-state index >= 15 is 0 Å². The molecule has 0 aromatic heterocycles. The highest BCUT2D eigenvalue weighted by atomic mass is 32.2. The van der Waals surface area contributed by atoms with Gasteiger partial charge in [0, 0.05) is 5.56 Å². The molecule has 0 atom stereocenters. The maximum atomic E-state index is 13.8. The van der Waals surface area contributed by atoms with Gasteiger partial charge >= 0.3 is 0 Å². The third-order valence-electron chi connectivity index (χ3n) is 3.58. The zero-order chi connectivity index (χ0) is 16.6. The summed E-state index contributed by atoms with van der Waals surface area (Å²) in [5.41, 5.74) is 3.26. The van der Waals surface area contributed by atoms with Gasteiger partial charge in [0.1, 0.15) is 5.82 Å². The standard InChI is InChI=1S/C18H14FNOS2/c1-11-7-8-15(12(2)9-11)20-17(21)16(23-18(20)22)10-13-5-3-4-6-14(13)19/h3-10H,1-2H3/b16-10-. The molecule has 5 heteroatoms. The van der Waals surface area contributed by atoms with Crippen LogP contribution in [0.1, 0.15) is 16.7 Å². The summed E-state index contributed by atoms with van der Waals surface area (Å²) in [7, 11) is 0. The first-order valence-electron chi connectivity index (χ1n) is 7.07. The van der Waals surface area contributed by atoms with Crippen LogP contribution >= 0.6 is 24.0 Å². The Hall–Kier alpha value is -1.98. The van der Waals surface area contributed by atoms with E-state index in [0.717, 1.165) is 16.8 Å². The Balaban J connectivity index is 1.99. The number of aryl methyl sites for hydroxylation is 2. The number of carbonyl (C=O) groups is 1. The topological polar surface area (TPSA) is 20.3 Å². The van der Waals surface area contributed by atoms with Crippen molar-refractivity contribution < 1.29 is 9.18 Å². The first-order chi connectivity index (χ1) is 11.0. The summed E-state index contributed by atoms with van der Waals surface area (Å²) in [5, 5.41) is 0. The molecule has 0 spiro atoms. The molecule has 0 aliphatic carbocycles. The van der Waals surface area contributed by atoms with E-state index in [1.807, 2.05) is 32.0 Å². The van der Waals surface area contributed by atoms with Gasteiger partial charge in [-0.15, -0.1) is 0 Å². The summed E-state index contributed by atoms with van der Waals surface area (Å²) in [4.78, 5) is 14.6. The molecule has 0 bridgehead atoms. The Morgan fingerprint density at radius 2 is 1.91 bits per heavy atom. The second-order valence-corrected chi connectivity index (χ2v) is 7.00. The van der Waals surface area contributed by atoms with Gasteiger partial charge in [0.25, 0.3) is 5.91 Å². The van der Waals surface area contributed by atoms with Crippen LogP contribution in [0.25, 0.3) is 6.08 Å². The number of hydrogen-bond donors (Lipinski definition) is 0. The normalized spacial score (nSPS) is 16.5. The van der Waals surface area contributed by atoms with Gasteiger partial charge in [0.2, 0.25) is 0 Å². The molecule has 2 aromatic carbocycles. The second-order valence-electron chi connectivity index (χ2n) is 5.33. The van der Waals surface area contributed by atoms with Crippen LogP contribution in [0.3, 0.4) is 0 Å². The van der Waals surface area contributed by atoms with Gasteiger partial charge in [0.15, 0.2) is 4.32 Å². The molecule has 1 heterocycles. The molecule has 1 saturated heterocycles. The Morgan fingerprint density at radius 1 is 1.17 bits per heavy atom. The van der Waals surface area contributed by atoms with E-state index in [2.05, 4.69) is 0 Å². The SMILES string of the molecule is Cc1ccc(N2C(=O)/C(=C/c3ccccc3F)SC2=S)c(C)c1. The molecular weight excluding hydrogens is 329 g/mol. The molecule has 0 radical (unpaired) electrons. The van der Waals surface area contributed by atoms with E-state index in [0.29, 0.717) is 14.8 Å². The van der Waals surface area contributed by atoms with Crippen LogP contribution in [-0.2, 0) is 4.79 Å². The number of amides is 1. The van der Waals surface area contributed by atoms with E-state index in [4.69, 9.17) is 12.2 Å². The third kappa shape index (κ3) is 3.07. The highest BCUT2D eigenvalue weighted by molar-refractivity contribution is 8.27. The highest BCUT2D eigenvalue weighted by Crippen LogP contribution is 2.37. The minimum Gasteiger partial charge on any atom is -0.268 e. The lowest BCUT2D eigenvalue weighted by atomic mass is 10.1. The van der Waals surface area contributed by atoms with E-state index in [1.54, 1.807) is 24.3 Å². The Morgan fingerprint density at radius 3 is 2.61 bits per heavy atom. The minimum absolute atomic E-state index is 0.213. The molecule has 2 nitrogen and oxygen atoms in total. The largest absolute Gasteiger partial charge is 0.270 e. The first kappa shape index (κ1) is 15.9. The number of hydrogen-bond acceptors (Lipinski definition) is 3. The molecule has 1 aliphatic rings. The average Bonchev–Trinajstić information content (AvgIpc) is 2.77. The maximum absolute atomic E-state index is 13.8. The Kier molecular flexibility index (Phi) is 4.33. The van der Waals surface area contributed by atoms with Crippen LogP contribution in [0.2, 0.25) is 0 Å². The first-order valence-corrected chi connectivity index (χ1v) is 8.29. The molecule has 0 N–H and O–H groups in total. The number of halogens is 1. The molecule has 23 heavy (non-hydrogen) atoms. The molecule has 1 fully saturated rings. The summed E-state index contributed by atoms with van der Waals surface area (Å²) in [6.45, 7) is 3.95. The number of thiocarbonyl (C=S) groups is 1. The van der Waals surface area contributed by atoms with Crippen molar-refractivity contribution in [3.63, 3.8) is 0 Å². The van der Waals surface area contributed by atoms with Crippen molar-refractivity contribution in [3.8, 4) is 0 Å². The van der Waals surface area contributed by atoms with Crippen molar-refractivity contribution in [1.82, 2.24) is 0 Å². The van der Waals surface area contributed by atoms with Crippen molar-refractivity contribution in [2.75, 3.05) is 4.90 Å². The molecule has 116 valence electrons. The van der Waals surface area contributed by atoms with Crippen molar-refractivity contribution in [3.05, 3.63) is 69.9 Å². The summed E-state index contributed by atoms with van der Waals surface area (Å²) in [6.07, 6.45) is 1.55. The number of rotatable bonds is 2. The van der Waals surface area contributed by atoms with Crippen molar-refractivity contribution in [2.45, 2.75) is 13.8 Å². The third-order valence-corrected chi connectivity index (χ3v) is 4.88. The fourth-order valence-electron chi connectivity index (χ4n) is 2.47. The minimum atomic E-state index is -0.357. The van der Waals surface area contributed by atoms with E-state index in [9.17, 15) is 9.18 Å². The molecule has 1 aliphatic heterocycles. The number of anilines is 1. The smallest absolute Gasteiger partial charge is 0.268 e. The zero-order valence-electron chi connectivity index (χ0n) is 12.7. The quantitative estimate of drug-likeness (QED) is 0.574. The maximum Gasteiger partial charge on any atom is 0.270 e. The van der Waals surface area contributed by atoms with Crippen molar-refractivity contribution in [2.24, 2.45) is 0 Å². The van der Waals surface area contributed by atoms with Gasteiger partial charge < -0.3 is 0 Å². The van der Waals surface area contributed by atoms with Crippen LogP contribution in [0.5, 0.6) is 0 Å². The molecular formula is C18H14FNOS2. The second kappa shape index (κ2) is 6.26. The van der Waals surface area contributed by atoms with Crippen LogP contribution in [0, 0.1) is 19.7 Å². The summed E-state index contributed by atoms with van der Waals surface area (Å²) in [6, 6.07) is 12.2. The van der Waals surface area contributed by atoms with Gasteiger partial charge in [-0.05, 0) is 37.6 Å². The number of carbonyl (C=O) groups excluding carboxylic acids is 1. The van der Waals surface area contributed by atoms with Gasteiger partial charge in [0.05, 0.1) is 10.6 Å². The van der Waals surface area contributed by atoms with Gasteiger partial charge in [-0.25, -0.2) is 4.39 Å². The molecule has 2 aromatic rings. The molecule has 1 amide bonds. The van der Waals surface area contributed by atoms with Crippen LogP contribution in [0.15, 0.2) is 47.4 Å². The van der Waals surface area contributed by atoms with Crippen LogP contribution in [-0.4, -0.2) is 10.2 Å². The fourth-order valence-corrected chi connectivity index (χ4v) is 3.74. The predicted molar refractivity (Wildman–Crippen MR) is 98.0 cm³/mol. The monoisotopic (exact) mass is 343 g/mol. The summed E-state index contributed by atoms with van der Waals surface area (Å²) in [5.74, 6) is -0.570. The van der Waals surface area contributed by atoms with E-state index in [-0.39, 0.29) is 11.7 Å². The van der Waals surface area contributed by atoms with Gasteiger partial charge in [-0.2, -0.15) is 0 Å². The number of thioether (sulfide) groups is 1. The Bertz CT molecular complexity index is 845. The lowest BCUT2D eigenvalue weighted by molar-refractivity contribution is -0.113. The number of benzene rings is 2. The van der Waals surface area contributed by atoms with E-state index < -0.39 is 0 Å². The fraction of sp³-hybridized carbons (Fsp3) is 0.111. The van der Waals surface area contributed by atoms with Crippen molar-refractivity contribution >= 4 is 46.0 Å². The molecule has 3 rings (SSSR count). The zero-order valence-corrected chi connectivity index (χ0v) is 14.3. The lowest BCUT2D eigenvalue weighted by Gasteiger charge is -2.17.